The van der Waals surface area contributed by atoms with E-state index in [4.69, 9.17) is 9.84 Å². The molecule has 0 bridgehead atoms. The minimum absolute atomic E-state index is 0.395. The number of thioether (sulfide) groups is 1. The van der Waals surface area contributed by atoms with Crippen molar-refractivity contribution >= 4 is 17.7 Å². The first-order valence-electron chi connectivity index (χ1n) is 4.75. The van der Waals surface area contributed by atoms with Gasteiger partial charge in [0.1, 0.15) is 0 Å². The first-order chi connectivity index (χ1) is 7.16. The number of carboxylic acids is 1. The lowest BCUT2D eigenvalue weighted by atomic mass is 10.1. The summed E-state index contributed by atoms with van der Waals surface area (Å²) in [6.07, 6.45) is 0. The van der Waals surface area contributed by atoms with Crippen molar-refractivity contribution < 1.29 is 14.6 Å². The molecule has 0 saturated carbocycles. The number of hydrogen-bond donors (Lipinski definition) is 1. The zero-order chi connectivity index (χ0) is 10.8. The van der Waals surface area contributed by atoms with E-state index in [1.807, 2.05) is 19.1 Å². The van der Waals surface area contributed by atoms with Crippen molar-refractivity contribution in [1.82, 2.24) is 0 Å². The summed E-state index contributed by atoms with van der Waals surface area (Å²) in [4.78, 5) is 11.9. The van der Waals surface area contributed by atoms with Crippen LogP contribution >= 0.6 is 11.8 Å². The predicted molar refractivity (Wildman–Crippen MR) is 58.6 cm³/mol. The highest BCUT2D eigenvalue weighted by atomic mass is 32.2. The van der Waals surface area contributed by atoms with Crippen LogP contribution in [0.25, 0.3) is 0 Å². The van der Waals surface area contributed by atoms with Gasteiger partial charge in [-0.15, -0.1) is 11.8 Å². The third-order valence-electron chi connectivity index (χ3n) is 2.27. The summed E-state index contributed by atoms with van der Waals surface area (Å²) in [5, 5.41) is 9.46. The average Bonchev–Trinajstić information content (AvgIpc) is 2.12. The zero-order valence-corrected chi connectivity index (χ0v) is 9.21. The van der Waals surface area contributed by atoms with Gasteiger partial charge in [-0.05, 0) is 19.1 Å². The van der Waals surface area contributed by atoms with E-state index in [2.05, 4.69) is 0 Å². The summed E-state index contributed by atoms with van der Waals surface area (Å²) in [5.74, 6) is -0.860. The maximum absolute atomic E-state index is 11.0. The fourth-order valence-electron chi connectivity index (χ4n) is 1.38. The number of benzene rings is 1. The van der Waals surface area contributed by atoms with Crippen LogP contribution in [-0.2, 0) is 4.74 Å². The Balaban J connectivity index is 2.23. The number of aryl methyl sites for hydroxylation is 1. The highest BCUT2D eigenvalue weighted by Crippen LogP contribution is 2.31. The van der Waals surface area contributed by atoms with Gasteiger partial charge in [0.05, 0.1) is 24.0 Å². The Morgan fingerprint density at radius 2 is 2.27 bits per heavy atom. The van der Waals surface area contributed by atoms with E-state index < -0.39 is 5.97 Å². The largest absolute Gasteiger partial charge is 0.478 e. The van der Waals surface area contributed by atoms with Gasteiger partial charge >= 0.3 is 5.97 Å². The Hall–Kier alpha value is -1.00. The summed E-state index contributed by atoms with van der Waals surface area (Å²) in [6.45, 7) is 3.34. The molecule has 0 radical (unpaired) electrons. The van der Waals surface area contributed by atoms with Gasteiger partial charge < -0.3 is 9.84 Å². The van der Waals surface area contributed by atoms with Crippen molar-refractivity contribution in [3.05, 3.63) is 29.3 Å². The Labute approximate surface area is 92.4 Å². The second-order valence-corrected chi connectivity index (χ2v) is 4.92. The Morgan fingerprint density at radius 3 is 2.80 bits per heavy atom. The molecule has 0 unspecified atom stereocenters. The Kier molecular flexibility index (Phi) is 2.98. The molecule has 1 aliphatic heterocycles. The second kappa shape index (κ2) is 4.24. The number of carboxylic acid groups (broad SMARTS) is 1. The molecule has 1 fully saturated rings. The lowest BCUT2D eigenvalue weighted by Crippen LogP contribution is -2.30. The van der Waals surface area contributed by atoms with Crippen molar-refractivity contribution in [2.45, 2.75) is 17.1 Å². The topological polar surface area (TPSA) is 46.5 Å². The van der Waals surface area contributed by atoms with Crippen LogP contribution in [0.15, 0.2) is 23.1 Å². The third kappa shape index (κ3) is 2.33. The fourth-order valence-corrected chi connectivity index (χ4v) is 2.48. The molecule has 3 nitrogen and oxygen atoms in total. The summed E-state index contributed by atoms with van der Waals surface area (Å²) in [5.41, 5.74) is 1.37. The summed E-state index contributed by atoms with van der Waals surface area (Å²) >= 11 is 1.59. The van der Waals surface area contributed by atoms with E-state index in [9.17, 15) is 4.79 Å². The fraction of sp³-hybridized carbons (Fsp3) is 0.364. The van der Waals surface area contributed by atoms with Crippen molar-refractivity contribution in [2.75, 3.05) is 13.2 Å². The van der Waals surface area contributed by atoms with Crippen LogP contribution in [0.3, 0.4) is 0 Å². The van der Waals surface area contributed by atoms with E-state index >= 15 is 0 Å². The van der Waals surface area contributed by atoms with Crippen LogP contribution in [0.1, 0.15) is 15.9 Å². The highest BCUT2D eigenvalue weighted by Gasteiger charge is 2.22. The molecular formula is C11H12O3S. The van der Waals surface area contributed by atoms with E-state index in [0.717, 1.165) is 23.7 Å². The van der Waals surface area contributed by atoms with Gasteiger partial charge in [0.25, 0.3) is 0 Å². The van der Waals surface area contributed by atoms with Crippen molar-refractivity contribution in [1.29, 1.82) is 0 Å². The molecule has 0 spiro atoms. The third-order valence-corrected chi connectivity index (χ3v) is 3.48. The number of ether oxygens (including phenoxy) is 1. The molecular weight excluding hydrogens is 212 g/mol. The molecule has 1 saturated heterocycles. The molecule has 1 heterocycles. The lowest BCUT2D eigenvalue weighted by molar-refractivity contribution is 0.0454. The van der Waals surface area contributed by atoms with Gasteiger partial charge in [-0.25, -0.2) is 4.79 Å². The number of carbonyl (C=O) groups is 1. The molecule has 0 atom stereocenters. The van der Waals surface area contributed by atoms with Gasteiger partial charge in [-0.3, -0.25) is 0 Å². The maximum atomic E-state index is 11.0. The van der Waals surface area contributed by atoms with Crippen LogP contribution in [0.4, 0.5) is 0 Å². The molecule has 1 aliphatic rings. The van der Waals surface area contributed by atoms with E-state index in [1.165, 1.54) is 0 Å². The van der Waals surface area contributed by atoms with Gasteiger partial charge in [0.15, 0.2) is 0 Å². The van der Waals surface area contributed by atoms with E-state index in [1.54, 1.807) is 17.8 Å². The number of aromatic carboxylic acids is 1. The molecule has 2 rings (SSSR count). The van der Waals surface area contributed by atoms with Crippen LogP contribution in [0, 0.1) is 6.92 Å². The predicted octanol–water partition coefficient (Wildman–Crippen LogP) is 2.18. The average molecular weight is 224 g/mol. The van der Waals surface area contributed by atoms with Crippen LogP contribution in [0.5, 0.6) is 0 Å². The number of hydrogen-bond acceptors (Lipinski definition) is 3. The van der Waals surface area contributed by atoms with Crippen molar-refractivity contribution in [3.8, 4) is 0 Å². The van der Waals surface area contributed by atoms with E-state index in [0.29, 0.717) is 10.8 Å². The van der Waals surface area contributed by atoms with Gasteiger partial charge in [-0.1, -0.05) is 11.6 Å². The van der Waals surface area contributed by atoms with E-state index in [-0.39, 0.29) is 0 Å². The smallest absolute Gasteiger partial charge is 0.336 e. The standard InChI is InChI=1S/C11H12O3S/c1-7-2-3-10(9(4-7)11(12)13)15-8-5-14-6-8/h2-4,8H,5-6H2,1H3,(H,12,13). The molecule has 4 heteroatoms. The normalized spacial score (nSPS) is 16.1. The Bertz CT molecular complexity index is 385. The molecule has 0 aliphatic carbocycles. The maximum Gasteiger partial charge on any atom is 0.336 e. The highest BCUT2D eigenvalue weighted by molar-refractivity contribution is 8.00. The summed E-state index contributed by atoms with van der Waals surface area (Å²) in [6, 6.07) is 5.53. The zero-order valence-electron chi connectivity index (χ0n) is 8.40. The monoisotopic (exact) mass is 224 g/mol. The molecule has 15 heavy (non-hydrogen) atoms. The lowest BCUT2D eigenvalue weighted by Gasteiger charge is -2.25. The van der Waals surface area contributed by atoms with Crippen LogP contribution < -0.4 is 0 Å². The number of rotatable bonds is 3. The minimum atomic E-state index is -0.860. The SMILES string of the molecule is Cc1ccc(SC2COC2)c(C(=O)O)c1. The van der Waals surface area contributed by atoms with Crippen molar-refractivity contribution in [3.63, 3.8) is 0 Å². The molecule has 1 aromatic carbocycles. The van der Waals surface area contributed by atoms with Crippen LogP contribution in [0.2, 0.25) is 0 Å². The van der Waals surface area contributed by atoms with Gasteiger partial charge in [0, 0.05) is 4.90 Å². The van der Waals surface area contributed by atoms with Crippen molar-refractivity contribution in [2.24, 2.45) is 0 Å². The molecule has 1 N–H and O–H groups in total. The molecule has 1 aromatic rings. The minimum Gasteiger partial charge on any atom is -0.478 e. The quantitative estimate of drug-likeness (QED) is 0.854. The molecule has 0 amide bonds. The Morgan fingerprint density at radius 1 is 1.53 bits per heavy atom. The molecule has 80 valence electrons. The molecule has 0 aromatic heterocycles. The van der Waals surface area contributed by atoms with Crippen LogP contribution in [-0.4, -0.2) is 29.5 Å². The van der Waals surface area contributed by atoms with Gasteiger partial charge in [-0.2, -0.15) is 0 Å². The first-order valence-corrected chi connectivity index (χ1v) is 5.63. The summed E-state index contributed by atoms with van der Waals surface area (Å²) < 4.78 is 5.06. The van der Waals surface area contributed by atoms with Gasteiger partial charge in [0.2, 0.25) is 0 Å². The first kappa shape index (κ1) is 10.5. The summed E-state index contributed by atoms with van der Waals surface area (Å²) in [7, 11) is 0. The second-order valence-electron chi connectivity index (χ2n) is 3.58.